The number of hydrogen-bond donors (Lipinski definition) is 0. The van der Waals surface area contributed by atoms with E-state index in [9.17, 15) is 9.18 Å². The van der Waals surface area contributed by atoms with Crippen LogP contribution in [0.3, 0.4) is 0 Å². The van der Waals surface area contributed by atoms with Gasteiger partial charge in [-0.2, -0.15) is 4.39 Å². The van der Waals surface area contributed by atoms with E-state index in [0.717, 1.165) is 0 Å². The number of hydrogen-bond acceptors (Lipinski definition) is 2. The van der Waals surface area contributed by atoms with Gasteiger partial charge in [-0.15, -0.1) is 5.10 Å². The fraction of sp³-hybridized carbons (Fsp3) is 0.111. The molecule has 2 rings (SSSR count). The van der Waals surface area contributed by atoms with E-state index in [2.05, 4.69) is 5.10 Å². The first-order valence-corrected chi connectivity index (χ1v) is 3.80. The number of carbonyl (C=O) groups is 1. The Morgan fingerprint density at radius 1 is 1.54 bits per heavy atom. The largest absolute Gasteiger partial charge is 0.298 e. The highest BCUT2D eigenvalue weighted by Crippen LogP contribution is 2.19. The summed E-state index contributed by atoms with van der Waals surface area (Å²) in [5, 5.41) is 3.88. The third kappa shape index (κ3) is 1.02. The average molecular weight is 178 g/mol. The second kappa shape index (κ2) is 2.65. The Kier molecular flexibility index (Phi) is 1.62. The molecule has 3 nitrogen and oxygen atoms in total. The molecule has 0 N–H and O–H groups in total. The van der Waals surface area contributed by atoms with Crippen LogP contribution in [0.15, 0.2) is 18.2 Å². The van der Waals surface area contributed by atoms with E-state index >= 15 is 0 Å². The van der Waals surface area contributed by atoms with Crippen molar-refractivity contribution in [2.75, 3.05) is 0 Å². The topological polar surface area (TPSA) is 34.9 Å². The summed E-state index contributed by atoms with van der Waals surface area (Å²) in [6.07, 6.45) is 0.632. The lowest BCUT2D eigenvalue weighted by Gasteiger charge is -1.94. The predicted octanol–water partition coefficient (Wildman–Crippen LogP) is 1.52. The molecule has 0 saturated heterocycles. The van der Waals surface area contributed by atoms with Crippen LogP contribution in [0.1, 0.15) is 10.4 Å². The molecule has 0 aliphatic carbocycles. The maximum atomic E-state index is 13.2. The van der Waals surface area contributed by atoms with Crippen LogP contribution in [0.25, 0.3) is 10.9 Å². The van der Waals surface area contributed by atoms with Gasteiger partial charge < -0.3 is 0 Å². The molecule has 1 aromatic carbocycles. The number of carbonyl (C=O) groups excluding carboxylic acids is 1. The van der Waals surface area contributed by atoms with Crippen LogP contribution in [0, 0.1) is 5.95 Å². The zero-order valence-corrected chi connectivity index (χ0v) is 6.99. The molecule has 66 valence electrons. The fourth-order valence-corrected chi connectivity index (χ4v) is 1.39. The Morgan fingerprint density at radius 2 is 2.31 bits per heavy atom. The summed E-state index contributed by atoms with van der Waals surface area (Å²) in [5.41, 5.74) is 0.963. The van der Waals surface area contributed by atoms with Gasteiger partial charge in [0, 0.05) is 12.6 Å². The van der Waals surface area contributed by atoms with Crippen LogP contribution < -0.4 is 0 Å². The highest BCUT2D eigenvalue weighted by molar-refractivity contribution is 5.96. The molecule has 1 heterocycles. The Hall–Kier alpha value is -1.71. The van der Waals surface area contributed by atoms with Gasteiger partial charge >= 0.3 is 0 Å². The van der Waals surface area contributed by atoms with E-state index in [1.165, 1.54) is 4.68 Å². The van der Waals surface area contributed by atoms with Crippen molar-refractivity contribution in [3.8, 4) is 0 Å². The summed E-state index contributed by atoms with van der Waals surface area (Å²) in [6.45, 7) is 0. The summed E-state index contributed by atoms with van der Waals surface area (Å²) in [4.78, 5) is 10.6. The number of halogens is 1. The molecule has 0 bridgehead atoms. The number of benzene rings is 1. The predicted molar refractivity (Wildman–Crippen MR) is 46.1 cm³/mol. The fourth-order valence-electron chi connectivity index (χ4n) is 1.39. The van der Waals surface area contributed by atoms with Crippen LogP contribution in [0.4, 0.5) is 4.39 Å². The minimum absolute atomic E-state index is 0.292. The number of aldehydes is 1. The average Bonchev–Trinajstić information content (AvgIpc) is 2.43. The second-order valence-electron chi connectivity index (χ2n) is 2.77. The van der Waals surface area contributed by atoms with Gasteiger partial charge in [0.15, 0.2) is 6.29 Å². The molecule has 2 aromatic rings. The number of nitrogens with zero attached hydrogens (tertiary/aromatic N) is 2. The molecule has 1 aromatic heterocycles. The van der Waals surface area contributed by atoms with Crippen LogP contribution in [0.5, 0.6) is 0 Å². The summed E-state index contributed by atoms with van der Waals surface area (Å²) >= 11 is 0. The number of aromatic nitrogens is 2. The number of aryl methyl sites for hydroxylation is 1. The first kappa shape index (κ1) is 7.91. The Labute approximate surface area is 73.8 Å². The summed E-state index contributed by atoms with van der Waals surface area (Å²) in [5.74, 6) is -0.597. The summed E-state index contributed by atoms with van der Waals surface area (Å²) < 4.78 is 14.6. The lowest BCUT2D eigenvalue weighted by Crippen LogP contribution is -1.89. The molecule has 0 saturated carbocycles. The Balaban J connectivity index is 2.96. The summed E-state index contributed by atoms with van der Waals surface area (Å²) in [6, 6.07) is 4.99. The molecule has 0 amide bonds. The van der Waals surface area contributed by atoms with Gasteiger partial charge in [0.1, 0.15) is 0 Å². The van der Waals surface area contributed by atoms with Gasteiger partial charge in [-0.3, -0.25) is 9.48 Å². The zero-order chi connectivity index (χ0) is 9.42. The minimum Gasteiger partial charge on any atom is -0.298 e. The maximum Gasteiger partial charge on any atom is 0.241 e. The van der Waals surface area contributed by atoms with E-state index < -0.39 is 5.95 Å². The molecule has 13 heavy (non-hydrogen) atoms. The Bertz CT molecular complexity index is 476. The standard InChI is InChI=1S/C9H7FN2O/c1-12-7-4-2-3-6(5-13)8(7)9(10)11-12/h2-5H,1H3. The zero-order valence-electron chi connectivity index (χ0n) is 6.99. The molecular formula is C9H7FN2O. The quantitative estimate of drug-likeness (QED) is 0.620. The minimum atomic E-state index is -0.597. The van der Waals surface area contributed by atoms with Crippen molar-refractivity contribution in [3.05, 3.63) is 29.7 Å². The summed E-state index contributed by atoms with van der Waals surface area (Å²) in [7, 11) is 1.64. The third-order valence-electron chi connectivity index (χ3n) is 1.99. The number of fused-ring (bicyclic) bond motifs is 1. The van der Waals surface area contributed by atoms with Gasteiger partial charge in [-0.25, -0.2) is 0 Å². The lowest BCUT2D eigenvalue weighted by atomic mass is 10.1. The second-order valence-corrected chi connectivity index (χ2v) is 2.77. The van der Waals surface area contributed by atoms with Crippen molar-refractivity contribution >= 4 is 17.2 Å². The molecule has 0 fully saturated rings. The molecule has 0 unspecified atom stereocenters. The van der Waals surface area contributed by atoms with E-state index in [4.69, 9.17) is 0 Å². The van der Waals surface area contributed by atoms with Gasteiger partial charge in [-0.05, 0) is 6.07 Å². The molecule has 0 radical (unpaired) electrons. The molecular weight excluding hydrogens is 171 g/mol. The lowest BCUT2D eigenvalue weighted by molar-refractivity contribution is 0.112. The highest BCUT2D eigenvalue weighted by atomic mass is 19.1. The van der Waals surface area contributed by atoms with Crippen molar-refractivity contribution in [2.24, 2.45) is 7.05 Å². The highest BCUT2D eigenvalue weighted by Gasteiger charge is 2.10. The van der Waals surface area contributed by atoms with Gasteiger partial charge in [0.25, 0.3) is 0 Å². The van der Waals surface area contributed by atoms with Gasteiger partial charge in [0.2, 0.25) is 5.95 Å². The third-order valence-corrected chi connectivity index (χ3v) is 1.99. The van der Waals surface area contributed by atoms with E-state index in [-0.39, 0.29) is 0 Å². The van der Waals surface area contributed by atoms with Crippen LogP contribution >= 0.6 is 0 Å². The van der Waals surface area contributed by atoms with E-state index in [1.54, 1.807) is 25.2 Å². The molecule has 0 atom stereocenters. The van der Waals surface area contributed by atoms with Crippen LogP contribution in [0.2, 0.25) is 0 Å². The SMILES string of the molecule is Cn1nc(F)c2c(C=O)cccc21. The first-order chi connectivity index (χ1) is 6.24. The maximum absolute atomic E-state index is 13.2. The van der Waals surface area contributed by atoms with Crippen molar-refractivity contribution in [1.82, 2.24) is 9.78 Å². The smallest absolute Gasteiger partial charge is 0.241 e. The van der Waals surface area contributed by atoms with Gasteiger partial charge in [0.05, 0.1) is 10.9 Å². The molecule has 0 aliphatic rings. The molecule has 0 aliphatic heterocycles. The number of rotatable bonds is 1. The van der Waals surface area contributed by atoms with E-state index in [1.807, 2.05) is 0 Å². The Morgan fingerprint density at radius 3 is 3.00 bits per heavy atom. The van der Waals surface area contributed by atoms with Crippen LogP contribution in [-0.2, 0) is 7.05 Å². The monoisotopic (exact) mass is 178 g/mol. The van der Waals surface area contributed by atoms with Crippen molar-refractivity contribution in [3.63, 3.8) is 0 Å². The van der Waals surface area contributed by atoms with Crippen LogP contribution in [-0.4, -0.2) is 16.1 Å². The van der Waals surface area contributed by atoms with Crippen molar-refractivity contribution in [2.45, 2.75) is 0 Å². The van der Waals surface area contributed by atoms with Gasteiger partial charge in [-0.1, -0.05) is 12.1 Å². The molecule has 4 heteroatoms. The molecule has 0 spiro atoms. The van der Waals surface area contributed by atoms with Crippen molar-refractivity contribution < 1.29 is 9.18 Å². The van der Waals surface area contributed by atoms with Crippen molar-refractivity contribution in [1.29, 1.82) is 0 Å². The normalized spacial score (nSPS) is 10.6. The van der Waals surface area contributed by atoms with E-state index in [0.29, 0.717) is 22.8 Å². The first-order valence-electron chi connectivity index (χ1n) is 3.80.